The molecule has 2 amide bonds. The largest absolute Gasteiger partial charge is 0.358 e. The minimum Gasteiger partial charge on any atom is -0.358 e. The minimum atomic E-state index is -0.147. The molecule has 0 radical (unpaired) electrons. The number of hydrogen-bond acceptors (Lipinski definition) is 3. The van der Waals surface area contributed by atoms with Crippen LogP contribution in [0.15, 0.2) is 0 Å². The lowest BCUT2D eigenvalue weighted by Gasteiger charge is -2.30. The van der Waals surface area contributed by atoms with E-state index in [0.717, 1.165) is 6.42 Å². The molecule has 0 spiro atoms. The zero-order valence-electron chi connectivity index (χ0n) is 13.1. The predicted octanol–water partition coefficient (Wildman–Crippen LogP) is 0.994. The van der Waals surface area contributed by atoms with Crippen molar-refractivity contribution in [1.82, 2.24) is 15.5 Å². The molecule has 0 aromatic heterocycles. The minimum absolute atomic E-state index is 0.0326. The SMILES string of the molecule is CCC(=O)N[C@H](C)CN(C)[C@@H](CC(C)C)C(=O)NC. The summed E-state index contributed by atoms with van der Waals surface area (Å²) in [6.45, 7) is 8.66. The quantitative estimate of drug-likeness (QED) is 0.692. The first kappa shape index (κ1) is 17.9. The van der Waals surface area contributed by atoms with Gasteiger partial charge in [-0.3, -0.25) is 14.5 Å². The van der Waals surface area contributed by atoms with E-state index in [9.17, 15) is 9.59 Å². The Morgan fingerprint density at radius 3 is 2.21 bits per heavy atom. The first-order valence-electron chi connectivity index (χ1n) is 7.02. The van der Waals surface area contributed by atoms with Crippen LogP contribution in [0.1, 0.15) is 40.5 Å². The number of carbonyl (C=O) groups is 2. The van der Waals surface area contributed by atoms with Crippen LogP contribution in [-0.4, -0.2) is 49.4 Å². The van der Waals surface area contributed by atoms with E-state index in [-0.39, 0.29) is 23.9 Å². The highest BCUT2D eigenvalue weighted by Gasteiger charge is 2.24. The molecular formula is C14H29N3O2. The van der Waals surface area contributed by atoms with E-state index in [2.05, 4.69) is 24.5 Å². The van der Waals surface area contributed by atoms with Crippen molar-refractivity contribution >= 4 is 11.8 Å². The van der Waals surface area contributed by atoms with Gasteiger partial charge in [-0.2, -0.15) is 0 Å². The van der Waals surface area contributed by atoms with Gasteiger partial charge >= 0.3 is 0 Å². The molecular weight excluding hydrogens is 242 g/mol. The number of amides is 2. The van der Waals surface area contributed by atoms with Gasteiger partial charge in [0.15, 0.2) is 0 Å². The number of carbonyl (C=O) groups excluding carboxylic acids is 2. The van der Waals surface area contributed by atoms with Crippen molar-refractivity contribution in [2.45, 2.75) is 52.6 Å². The topological polar surface area (TPSA) is 61.4 Å². The molecule has 0 aromatic rings. The lowest BCUT2D eigenvalue weighted by molar-refractivity contribution is -0.126. The Hall–Kier alpha value is -1.10. The summed E-state index contributed by atoms with van der Waals surface area (Å²) in [6.07, 6.45) is 1.30. The van der Waals surface area contributed by atoms with Gasteiger partial charge in [-0.05, 0) is 26.3 Å². The van der Waals surface area contributed by atoms with E-state index in [0.29, 0.717) is 18.9 Å². The average molecular weight is 271 g/mol. The monoisotopic (exact) mass is 271 g/mol. The van der Waals surface area contributed by atoms with Crippen LogP contribution >= 0.6 is 0 Å². The second kappa shape index (κ2) is 8.91. The Kier molecular flexibility index (Phi) is 8.39. The number of hydrogen-bond donors (Lipinski definition) is 2. The maximum atomic E-state index is 11.9. The Bertz CT molecular complexity index is 292. The van der Waals surface area contributed by atoms with Crippen molar-refractivity contribution in [2.75, 3.05) is 20.6 Å². The number of nitrogens with one attached hydrogen (secondary N) is 2. The fraction of sp³-hybridized carbons (Fsp3) is 0.857. The molecule has 0 unspecified atom stereocenters. The van der Waals surface area contributed by atoms with Crippen molar-refractivity contribution in [3.63, 3.8) is 0 Å². The predicted molar refractivity (Wildman–Crippen MR) is 77.8 cm³/mol. The first-order chi connectivity index (χ1) is 8.81. The maximum Gasteiger partial charge on any atom is 0.237 e. The van der Waals surface area contributed by atoms with Gasteiger partial charge in [-0.15, -0.1) is 0 Å². The first-order valence-corrected chi connectivity index (χ1v) is 7.02. The number of likely N-dealkylation sites (N-methyl/N-ethyl adjacent to an activating group) is 2. The summed E-state index contributed by atoms with van der Waals surface area (Å²) in [4.78, 5) is 25.3. The lowest BCUT2D eigenvalue weighted by atomic mass is 10.0. The number of rotatable bonds is 8. The summed E-state index contributed by atoms with van der Waals surface area (Å²) in [5, 5.41) is 5.62. The van der Waals surface area contributed by atoms with Crippen molar-refractivity contribution in [2.24, 2.45) is 5.92 Å². The van der Waals surface area contributed by atoms with Gasteiger partial charge in [0, 0.05) is 26.1 Å². The van der Waals surface area contributed by atoms with Crippen molar-refractivity contribution in [1.29, 1.82) is 0 Å². The average Bonchev–Trinajstić information content (AvgIpc) is 2.34. The summed E-state index contributed by atoms with van der Waals surface area (Å²) >= 11 is 0. The van der Waals surface area contributed by atoms with Crippen molar-refractivity contribution in [3.8, 4) is 0 Å². The summed E-state index contributed by atoms with van der Waals surface area (Å²) < 4.78 is 0. The molecule has 0 aliphatic rings. The van der Waals surface area contributed by atoms with E-state index in [4.69, 9.17) is 0 Å². The molecule has 5 heteroatoms. The van der Waals surface area contributed by atoms with Crippen LogP contribution in [0.25, 0.3) is 0 Å². The Balaban J connectivity index is 4.49. The van der Waals surface area contributed by atoms with E-state index >= 15 is 0 Å². The molecule has 0 aliphatic carbocycles. The molecule has 0 saturated carbocycles. The molecule has 112 valence electrons. The highest BCUT2D eigenvalue weighted by molar-refractivity contribution is 5.81. The highest BCUT2D eigenvalue weighted by atomic mass is 16.2. The molecule has 0 heterocycles. The number of nitrogens with zero attached hydrogens (tertiary/aromatic N) is 1. The van der Waals surface area contributed by atoms with Gasteiger partial charge in [0.25, 0.3) is 0 Å². The molecule has 0 aliphatic heterocycles. The zero-order chi connectivity index (χ0) is 15.0. The molecule has 0 bridgehead atoms. The second-order valence-electron chi connectivity index (χ2n) is 5.52. The van der Waals surface area contributed by atoms with Gasteiger partial charge in [0.05, 0.1) is 6.04 Å². The van der Waals surface area contributed by atoms with E-state index in [1.165, 1.54) is 0 Å². The maximum absolute atomic E-state index is 11.9. The fourth-order valence-electron chi connectivity index (χ4n) is 2.08. The zero-order valence-corrected chi connectivity index (χ0v) is 13.1. The summed E-state index contributed by atoms with van der Waals surface area (Å²) in [5.74, 6) is 0.525. The molecule has 0 fully saturated rings. The molecule has 19 heavy (non-hydrogen) atoms. The normalized spacial score (nSPS) is 14.3. The third-order valence-electron chi connectivity index (χ3n) is 3.07. The van der Waals surface area contributed by atoms with Gasteiger partial charge in [-0.25, -0.2) is 0 Å². The molecule has 0 rings (SSSR count). The van der Waals surface area contributed by atoms with E-state index in [1.54, 1.807) is 7.05 Å². The molecule has 5 nitrogen and oxygen atoms in total. The second-order valence-corrected chi connectivity index (χ2v) is 5.52. The van der Waals surface area contributed by atoms with Crippen LogP contribution in [0, 0.1) is 5.92 Å². The third-order valence-corrected chi connectivity index (χ3v) is 3.07. The molecule has 2 atom stereocenters. The third kappa shape index (κ3) is 7.15. The van der Waals surface area contributed by atoms with Crippen molar-refractivity contribution in [3.05, 3.63) is 0 Å². The summed E-state index contributed by atoms with van der Waals surface area (Å²) in [5.41, 5.74) is 0. The van der Waals surface area contributed by atoms with Gasteiger partial charge in [-0.1, -0.05) is 20.8 Å². The fourth-order valence-corrected chi connectivity index (χ4v) is 2.08. The van der Waals surface area contributed by atoms with Crippen molar-refractivity contribution < 1.29 is 9.59 Å². The van der Waals surface area contributed by atoms with Crippen LogP contribution in [0.4, 0.5) is 0 Å². The van der Waals surface area contributed by atoms with Crippen LogP contribution < -0.4 is 10.6 Å². The van der Waals surface area contributed by atoms with Crippen LogP contribution in [0.5, 0.6) is 0 Å². The van der Waals surface area contributed by atoms with Crippen LogP contribution in [0.2, 0.25) is 0 Å². The Morgan fingerprint density at radius 2 is 1.79 bits per heavy atom. The molecule has 0 saturated heterocycles. The summed E-state index contributed by atoms with van der Waals surface area (Å²) in [7, 11) is 3.59. The smallest absolute Gasteiger partial charge is 0.237 e. The molecule has 2 N–H and O–H groups in total. The van der Waals surface area contributed by atoms with Crippen LogP contribution in [0.3, 0.4) is 0 Å². The Labute approximate surface area is 117 Å². The summed E-state index contributed by atoms with van der Waals surface area (Å²) in [6, 6.07) is -0.109. The van der Waals surface area contributed by atoms with E-state index < -0.39 is 0 Å². The van der Waals surface area contributed by atoms with E-state index in [1.807, 2.05) is 25.8 Å². The van der Waals surface area contributed by atoms with Crippen LogP contribution in [-0.2, 0) is 9.59 Å². The standard InChI is InChI=1S/C14H29N3O2/c1-7-13(18)16-11(4)9-17(6)12(8-10(2)3)14(19)15-5/h10-12H,7-9H2,1-6H3,(H,15,19)(H,16,18)/t11-,12+/m1/s1. The Morgan fingerprint density at radius 1 is 1.21 bits per heavy atom. The highest BCUT2D eigenvalue weighted by Crippen LogP contribution is 2.11. The lowest BCUT2D eigenvalue weighted by Crippen LogP contribution is -2.49. The van der Waals surface area contributed by atoms with Gasteiger partial charge in [0.1, 0.15) is 0 Å². The van der Waals surface area contributed by atoms with Gasteiger partial charge in [0.2, 0.25) is 11.8 Å². The van der Waals surface area contributed by atoms with Gasteiger partial charge < -0.3 is 10.6 Å². The molecule has 0 aromatic carbocycles.